The quantitative estimate of drug-likeness (QED) is 0.269. The SMILES string of the molecule is Cc1ccc2nc(NC(=O)CC3(CNC(=O)[C@@H](N)Cc4c[nH]c5ccccc45)CCCCC3)sc2c1. The lowest BCUT2D eigenvalue weighted by Crippen LogP contribution is -2.47. The maximum Gasteiger partial charge on any atom is 0.237 e. The van der Waals surface area contributed by atoms with Gasteiger partial charge >= 0.3 is 0 Å². The highest BCUT2D eigenvalue weighted by Gasteiger charge is 2.35. The van der Waals surface area contributed by atoms with Gasteiger partial charge < -0.3 is 21.4 Å². The number of hydrogen-bond donors (Lipinski definition) is 4. The average Bonchev–Trinajstić information content (AvgIpc) is 3.46. The summed E-state index contributed by atoms with van der Waals surface area (Å²) in [7, 11) is 0. The molecule has 1 atom stereocenters. The minimum absolute atomic E-state index is 0.0509. The minimum Gasteiger partial charge on any atom is -0.361 e. The first-order valence-corrected chi connectivity index (χ1v) is 13.5. The van der Waals surface area contributed by atoms with Crippen LogP contribution >= 0.6 is 11.3 Å². The van der Waals surface area contributed by atoms with Gasteiger partial charge in [-0.25, -0.2) is 4.98 Å². The van der Waals surface area contributed by atoms with Crippen LogP contribution in [0.1, 0.15) is 49.7 Å². The Morgan fingerprint density at radius 2 is 1.97 bits per heavy atom. The molecule has 0 spiro atoms. The summed E-state index contributed by atoms with van der Waals surface area (Å²) < 4.78 is 1.06. The number of thiazole rings is 1. The largest absolute Gasteiger partial charge is 0.361 e. The first kappa shape index (κ1) is 24.5. The van der Waals surface area contributed by atoms with Crippen molar-refractivity contribution in [3.05, 3.63) is 59.8 Å². The standard InChI is InChI=1S/C28H33N5O2S/c1-18-9-10-23-24(13-18)36-27(32-23)33-25(34)15-28(11-5-2-6-12-28)17-31-26(35)21(29)14-19-16-30-22-8-4-3-7-20(19)22/h3-4,7-10,13,16,21,30H,2,5-6,11-12,14-15,17,29H2,1H3,(H,31,35)(H,32,33,34)/t21-/m0/s1. The Bertz CT molecular complexity index is 1390. The molecule has 0 saturated heterocycles. The Hall–Kier alpha value is -3.23. The smallest absolute Gasteiger partial charge is 0.237 e. The number of amides is 2. The van der Waals surface area contributed by atoms with Crippen molar-refractivity contribution < 1.29 is 9.59 Å². The van der Waals surface area contributed by atoms with Crippen molar-refractivity contribution in [1.82, 2.24) is 15.3 Å². The Morgan fingerprint density at radius 3 is 2.81 bits per heavy atom. The number of H-pyrrole nitrogens is 1. The van der Waals surface area contributed by atoms with E-state index >= 15 is 0 Å². The fourth-order valence-corrected chi connectivity index (χ4v) is 6.32. The lowest BCUT2D eigenvalue weighted by Gasteiger charge is -2.37. The summed E-state index contributed by atoms with van der Waals surface area (Å²) in [6.45, 7) is 2.50. The summed E-state index contributed by atoms with van der Waals surface area (Å²) >= 11 is 1.49. The molecule has 0 unspecified atom stereocenters. The van der Waals surface area contributed by atoms with Crippen molar-refractivity contribution >= 4 is 49.4 Å². The lowest BCUT2D eigenvalue weighted by atomic mass is 9.71. The van der Waals surface area contributed by atoms with Gasteiger partial charge in [0.15, 0.2) is 5.13 Å². The molecule has 5 N–H and O–H groups in total. The maximum absolute atomic E-state index is 13.1. The van der Waals surface area contributed by atoms with Crippen molar-refractivity contribution in [1.29, 1.82) is 0 Å². The molecule has 2 aromatic carbocycles. The van der Waals surface area contributed by atoms with E-state index in [9.17, 15) is 9.59 Å². The van der Waals surface area contributed by atoms with Gasteiger partial charge in [0.25, 0.3) is 0 Å². The van der Waals surface area contributed by atoms with E-state index in [2.05, 4.69) is 26.7 Å². The van der Waals surface area contributed by atoms with Gasteiger partial charge in [0.05, 0.1) is 16.3 Å². The second kappa shape index (κ2) is 10.4. The number of nitrogens with zero attached hydrogens (tertiary/aromatic N) is 1. The Morgan fingerprint density at radius 1 is 1.17 bits per heavy atom. The molecule has 1 aliphatic carbocycles. The van der Waals surface area contributed by atoms with E-state index in [1.54, 1.807) is 0 Å². The van der Waals surface area contributed by atoms with Gasteiger partial charge in [0, 0.05) is 30.1 Å². The molecule has 4 aromatic rings. The summed E-state index contributed by atoms with van der Waals surface area (Å²) in [4.78, 5) is 33.8. The first-order valence-electron chi connectivity index (χ1n) is 12.7. The fraction of sp³-hybridized carbons (Fsp3) is 0.393. The van der Waals surface area contributed by atoms with Crippen LogP contribution in [-0.4, -0.2) is 34.4 Å². The molecule has 5 rings (SSSR count). The van der Waals surface area contributed by atoms with Gasteiger partial charge in [0.2, 0.25) is 11.8 Å². The fourth-order valence-electron chi connectivity index (χ4n) is 5.34. The van der Waals surface area contributed by atoms with Crippen molar-refractivity contribution in [2.75, 3.05) is 11.9 Å². The Kier molecular flexibility index (Phi) is 7.07. The highest BCUT2D eigenvalue weighted by atomic mass is 32.1. The molecule has 0 bridgehead atoms. The second-order valence-corrected chi connectivity index (χ2v) is 11.2. The Balaban J connectivity index is 1.21. The van der Waals surface area contributed by atoms with Crippen molar-refractivity contribution in [2.45, 2.75) is 57.9 Å². The van der Waals surface area contributed by atoms with E-state index in [0.717, 1.165) is 58.8 Å². The molecule has 36 heavy (non-hydrogen) atoms. The number of aryl methyl sites for hydroxylation is 1. The van der Waals surface area contributed by atoms with Crippen molar-refractivity contribution in [3.63, 3.8) is 0 Å². The zero-order chi connectivity index (χ0) is 25.1. The number of fused-ring (bicyclic) bond motifs is 2. The molecule has 188 valence electrons. The monoisotopic (exact) mass is 503 g/mol. The molecule has 7 nitrogen and oxygen atoms in total. The molecule has 0 aliphatic heterocycles. The molecular weight excluding hydrogens is 470 g/mol. The first-order chi connectivity index (χ1) is 17.4. The molecular formula is C28H33N5O2S. The number of hydrogen-bond acceptors (Lipinski definition) is 5. The van der Waals surface area contributed by atoms with Crippen LogP contribution in [0.5, 0.6) is 0 Å². The van der Waals surface area contributed by atoms with E-state index in [0.29, 0.717) is 24.5 Å². The number of aromatic nitrogens is 2. The second-order valence-electron chi connectivity index (χ2n) is 10.2. The van der Waals surface area contributed by atoms with Crippen LogP contribution in [0.4, 0.5) is 5.13 Å². The number of anilines is 1. The van der Waals surface area contributed by atoms with Crippen LogP contribution in [0.2, 0.25) is 0 Å². The van der Waals surface area contributed by atoms with E-state index in [1.165, 1.54) is 16.9 Å². The van der Waals surface area contributed by atoms with Crippen LogP contribution in [0.15, 0.2) is 48.7 Å². The topological polar surface area (TPSA) is 113 Å². The molecule has 2 heterocycles. The molecule has 1 saturated carbocycles. The Labute approximate surface area is 214 Å². The van der Waals surface area contributed by atoms with Crippen molar-refractivity contribution in [2.24, 2.45) is 11.1 Å². The summed E-state index contributed by atoms with van der Waals surface area (Å²) in [6.07, 6.45) is 7.85. The number of nitrogens with one attached hydrogen (secondary N) is 3. The molecule has 1 fully saturated rings. The predicted octanol–water partition coefficient (Wildman–Crippen LogP) is 5.05. The summed E-state index contributed by atoms with van der Waals surface area (Å²) in [5.41, 5.74) is 10.2. The number of rotatable bonds is 8. The van der Waals surface area contributed by atoms with Gasteiger partial charge in [-0.05, 0) is 60.9 Å². The third-order valence-electron chi connectivity index (χ3n) is 7.33. The number of aromatic amines is 1. The summed E-state index contributed by atoms with van der Waals surface area (Å²) in [6, 6.07) is 13.5. The third-order valence-corrected chi connectivity index (χ3v) is 8.26. The summed E-state index contributed by atoms with van der Waals surface area (Å²) in [5, 5.41) is 7.80. The van der Waals surface area contributed by atoms with Crippen LogP contribution in [0.25, 0.3) is 21.1 Å². The summed E-state index contributed by atoms with van der Waals surface area (Å²) in [5.74, 6) is -0.225. The van der Waals surface area contributed by atoms with E-state index in [1.807, 2.05) is 49.5 Å². The van der Waals surface area contributed by atoms with Gasteiger partial charge in [-0.2, -0.15) is 0 Å². The number of carbonyl (C=O) groups excluding carboxylic acids is 2. The molecule has 1 aliphatic rings. The molecule has 2 amide bonds. The highest BCUT2D eigenvalue weighted by Crippen LogP contribution is 2.39. The van der Waals surface area contributed by atoms with Crippen LogP contribution in [0, 0.1) is 12.3 Å². The van der Waals surface area contributed by atoms with Gasteiger partial charge in [-0.3, -0.25) is 9.59 Å². The number of para-hydroxylation sites is 1. The van der Waals surface area contributed by atoms with E-state index < -0.39 is 6.04 Å². The number of carbonyl (C=O) groups is 2. The maximum atomic E-state index is 13.1. The van der Waals surface area contributed by atoms with E-state index in [-0.39, 0.29) is 17.2 Å². The zero-order valence-electron chi connectivity index (χ0n) is 20.6. The lowest BCUT2D eigenvalue weighted by molar-refractivity contribution is -0.124. The number of benzene rings is 2. The van der Waals surface area contributed by atoms with Crippen LogP contribution in [0.3, 0.4) is 0 Å². The van der Waals surface area contributed by atoms with Crippen molar-refractivity contribution in [3.8, 4) is 0 Å². The molecule has 2 aromatic heterocycles. The molecule has 0 radical (unpaired) electrons. The third kappa shape index (κ3) is 5.44. The minimum atomic E-state index is -0.648. The predicted molar refractivity (Wildman–Crippen MR) is 146 cm³/mol. The zero-order valence-corrected chi connectivity index (χ0v) is 21.4. The van der Waals surface area contributed by atoms with E-state index in [4.69, 9.17) is 5.73 Å². The number of nitrogens with two attached hydrogens (primary N) is 1. The van der Waals surface area contributed by atoms with Crippen LogP contribution < -0.4 is 16.4 Å². The van der Waals surface area contributed by atoms with Gasteiger partial charge in [0.1, 0.15) is 0 Å². The van der Waals surface area contributed by atoms with Gasteiger partial charge in [-0.1, -0.05) is 54.9 Å². The highest BCUT2D eigenvalue weighted by molar-refractivity contribution is 7.22. The average molecular weight is 504 g/mol. The normalized spacial score (nSPS) is 16.2. The molecule has 8 heteroatoms. The van der Waals surface area contributed by atoms with Gasteiger partial charge in [-0.15, -0.1) is 0 Å². The van der Waals surface area contributed by atoms with Crippen LogP contribution in [-0.2, 0) is 16.0 Å².